The standard InChI is InChI=1S/C15H20N4/c1-10-14(16-4)18-12(3)19-15(10)17-11(2)13-8-6-5-7-9-13/h5-9,11H,1-4H3,(H2,16,17,18,19). The third kappa shape index (κ3) is 3.02. The van der Waals surface area contributed by atoms with Gasteiger partial charge in [-0.05, 0) is 26.3 Å². The first-order valence-corrected chi connectivity index (χ1v) is 6.46. The molecule has 19 heavy (non-hydrogen) atoms. The maximum atomic E-state index is 4.48. The molecule has 0 aliphatic heterocycles. The second-order valence-electron chi connectivity index (χ2n) is 4.62. The van der Waals surface area contributed by atoms with E-state index >= 15 is 0 Å². The van der Waals surface area contributed by atoms with Crippen LogP contribution in [0, 0.1) is 13.8 Å². The lowest BCUT2D eigenvalue weighted by Gasteiger charge is -2.18. The van der Waals surface area contributed by atoms with E-state index in [-0.39, 0.29) is 6.04 Å². The van der Waals surface area contributed by atoms with Crippen LogP contribution in [0.15, 0.2) is 30.3 Å². The van der Waals surface area contributed by atoms with Gasteiger partial charge in [0.1, 0.15) is 17.5 Å². The molecule has 0 spiro atoms. The van der Waals surface area contributed by atoms with Crippen molar-refractivity contribution in [3.05, 3.63) is 47.3 Å². The van der Waals surface area contributed by atoms with Crippen LogP contribution < -0.4 is 10.6 Å². The molecule has 1 unspecified atom stereocenters. The lowest BCUT2D eigenvalue weighted by atomic mass is 10.1. The van der Waals surface area contributed by atoms with E-state index < -0.39 is 0 Å². The number of anilines is 2. The molecule has 1 heterocycles. The number of rotatable bonds is 4. The lowest BCUT2D eigenvalue weighted by Crippen LogP contribution is -2.12. The van der Waals surface area contributed by atoms with Gasteiger partial charge in [-0.25, -0.2) is 9.97 Å². The second-order valence-corrected chi connectivity index (χ2v) is 4.62. The van der Waals surface area contributed by atoms with Crippen LogP contribution in [-0.4, -0.2) is 17.0 Å². The van der Waals surface area contributed by atoms with E-state index in [1.165, 1.54) is 5.56 Å². The highest BCUT2D eigenvalue weighted by molar-refractivity contribution is 5.57. The van der Waals surface area contributed by atoms with Crippen molar-refractivity contribution in [3.63, 3.8) is 0 Å². The van der Waals surface area contributed by atoms with Crippen LogP contribution in [0.2, 0.25) is 0 Å². The molecule has 0 bridgehead atoms. The molecule has 0 amide bonds. The van der Waals surface area contributed by atoms with Crippen LogP contribution in [-0.2, 0) is 0 Å². The van der Waals surface area contributed by atoms with Crippen molar-refractivity contribution in [1.82, 2.24) is 9.97 Å². The van der Waals surface area contributed by atoms with E-state index in [0.717, 1.165) is 23.0 Å². The highest BCUT2D eigenvalue weighted by atomic mass is 15.1. The third-order valence-corrected chi connectivity index (χ3v) is 3.15. The highest BCUT2D eigenvalue weighted by Crippen LogP contribution is 2.24. The van der Waals surface area contributed by atoms with Crippen LogP contribution in [0.4, 0.5) is 11.6 Å². The average molecular weight is 256 g/mol. The Morgan fingerprint density at radius 3 is 2.26 bits per heavy atom. The van der Waals surface area contributed by atoms with Gasteiger partial charge in [-0.2, -0.15) is 0 Å². The fourth-order valence-corrected chi connectivity index (χ4v) is 2.04. The maximum absolute atomic E-state index is 4.48. The van der Waals surface area contributed by atoms with E-state index in [9.17, 15) is 0 Å². The minimum atomic E-state index is 0.207. The Balaban J connectivity index is 2.26. The molecular formula is C15H20N4. The summed E-state index contributed by atoms with van der Waals surface area (Å²) in [5.41, 5.74) is 2.28. The van der Waals surface area contributed by atoms with Gasteiger partial charge in [0.05, 0.1) is 0 Å². The van der Waals surface area contributed by atoms with Gasteiger partial charge < -0.3 is 10.6 Å². The van der Waals surface area contributed by atoms with Gasteiger partial charge in [0.2, 0.25) is 0 Å². The minimum Gasteiger partial charge on any atom is -0.373 e. The van der Waals surface area contributed by atoms with Crippen LogP contribution in [0.25, 0.3) is 0 Å². The van der Waals surface area contributed by atoms with Crippen LogP contribution in [0.1, 0.15) is 29.9 Å². The number of benzene rings is 1. The number of nitrogens with zero attached hydrogens (tertiary/aromatic N) is 2. The Labute approximate surface area is 114 Å². The van der Waals surface area contributed by atoms with Gasteiger partial charge in [-0.1, -0.05) is 30.3 Å². The quantitative estimate of drug-likeness (QED) is 0.881. The molecule has 2 aromatic rings. The first kappa shape index (κ1) is 13.3. The van der Waals surface area contributed by atoms with Gasteiger partial charge in [0.15, 0.2) is 0 Å². The van der Waals surface area contributed by atoms with Gasteiger partial charge >= 0.3 is 0 Å². The monoisotopic (exact) mass is 256 g/mol. The molecule has 100 valence electrons. The number of aromatic nitrogens is 2. The van der Waals surface area contributed by atoms with Crippen molar-refractivity contribution in [2.45, 2.75) is 26.8 Å². The molecule has 2 rings (SSSR count). The normalized spacial score (nSPS) is 12.0. The van der Waals surface area contributed by atoms with E-state index in [1.807, 2.05) is 39.1 Å². The fourth-order valence-electron chi connectivity index (χ4n) is 2.04. The zero-order chi connectivity index (χ0) is 13.8. The van der Waals surface area contributed by atoms with Crippen molar-refractivity contribution < 1.29 is 0 Å². The molecule has 2 N–H and O–H groups in total. The average Bonchev–Trinajstić information content (AvgIpc) is 2.43. The Morgan fingerprint density at radius 2 is 1.63 bits per heavy atom. The van der Waals surface area contributed by atoms with Crippen molar-refractivity contribution in [1.29, 1.82) is 0 Å². The first-order valence-electron chi connectivity index (χ1n) is 6.46. The van der Waals surface area contributed by atoms with Crippen LogP contribution in [0.5, 0.6) is 0 Å². The maximum Gasteiger partial charge on any atom is 0.135 e. The zero-order valence-corrected chi connectivity index (χ0v) is 11.9. The van der Waals surface area contributed by atoms with Crippen LogP contribution >= 0.6 is 0 Å². The highest BCUT2D eigenvalue weighted by Gasteiger charge is 2.11. The van der Waals surface area contributed by atoms with E-state index in [1.54, 1.807) is 0 Å². The molecule has 0 saturated heterocycles. The molecule has 0 radical (unpaired) electrons. The van der Waals surface area contributed by atoms with Gasteiger partial charge in [0, 0.05) is 18.7 Å². The van der Waals surface area contributed by atoms with Crippen molar-refractivity contribution in [2.75, 3.05) is 17.7 Å². The lowest BCUT2D eigenvalue weighted by molar-refractivity contribution is 0.863. The molecule has 0 aliphatic carbocycles. The van der Waals surface area contributed by atoms with Crippen molar-refractivity contribution in [3.8, 4) is 0 Å². The van der Waals surface area contributed by atoms with Crippen molar-refractivity contribution >= 4 is 11.6 Å². The topological polar surface area (TPSA) is 49.8 Å². The van der Waals surface area contributed by atoms with E-state index in [4.69, 9.17) is 0 Å². The first-order chi connectivity index (χ1) is 9.11. The molecule has 0 aliphatic rings. The summed E-state index contributed by atoms with van der Waals surface area (Å²) >= 11 is 0. The minimum absolute atomic E-state index is 0.207. The molecule has 1 aromatic carbocycles. The summed E-state index contributed by atoms with van der Waals surface area (Å²) in [6.07, 6.45) is 0. The van der Waals surface area contributed by atoms with Crippen molar-refractivity contribution in [2.24, 2.45) is 0 Å². The summed E-state index contributed by atoms with van der Waals surface area (Å²) in [7, 11) is 1.87. The summed E-state index contributed by atoms with van der Waals surface area (Å²) < 4.78 is 0. The largest absolute Gasteiger partial charge is 0.373 e. The SMILES string of the molecule is CNc1nc(C)nc(NC(C)c2ccccc2)c1C. The Morgan fingerprint density at radius 1 is 1.00 bits per heavy atom. The number of nitrogens with one attached hydrogen (secondary N) is 2. The molecule has 4 nitrogen and oxygen atoms in total. The van der Waals surface area contributed by atoms with Gasteiger partial charge in [0.25, 0.3) is 0 Å². The molecule has 1 aromatic heterocycles. The predicted molar refractivity (Wildman–Crippen MR) is 79.5 cm³/mol. The fraction of sp³-hybridized carbons (Fsp3) is 0.333. The van der Waals surface area contributed by atoms with E-state index in [2.05, 4.69) is 39.7 Å². The molecule has 0 fully saturated rings. The summed E-state index contributed by atoms with van der Waals surface area (Å²) in [5, 5.41) is 6.55. The van der Waals surface area contributed by atoms with Gasteiger partial charge in [-0.3, -0.25) is 0 Å². The molecule has 1 atom stereocenters. The summed E-state index contributed by atoms with van der Waals surface area (Å²) in [5.74, 6) is 2.51. The Kier molecular flexibility index (Phi) is 4.00. The predicted octanol–water partition coefficient (Wildman–Crippen LogP) is 3.31. The number of hydrogen-bond donors (Lipinski definition) is 2. The Bertz CT molecular complexity index is 552. The molecule has 4 heteroatoms. The Hall–Kier alpha value is -2.10. The molecule has 0 saturated carbocycles. The second kappa shape index (κ2) is 5.69. The third-order valence-electron chi connectivity index (χ3n) is 3.15. The zero-order valence-electron chi connectivity index (χ0n) is 11.9. The van der Waals surface area contributed by atoms with Gasteiger partial charge in [-0.15, -0.1) is 0 Å². The summed E-state index contributed by atoms with van der Waals surface area (Å²) in [6.45, 7) is 6.05. The smallest absolute Gasteiger partial charge is 0.135 e. The van der Waals surface area contributed by atoms with Crippen LogP contribution in [0.3, 0.4) is 0 Å². The number of aryl methyl sites for hydroxylation is 1. The van der Waals surface area contributed by atoms with E-state index in [0.29, 0.717) is 0 Å². The summed E-state index contributed by atoms with van der Waals surface area (Å²) in [6, 6.07) is 10.5. The summed E-state index contributed by atoms with van der Waals surface area (Å²) in [4.78, 5) is 8.85. The number of hydrogen-bond acceptors (Lipinski definition) is 4. The molecular weight excluding hydrogens is 236 g/mol.